The molecule has 0 atom stereocenters. The second kappa shape index (κ2) is 7.49. The molecule has 6 heteroatoms. The Kier molecular flexibility index (Phi) is 4.73. The Bertz CT molecular complexity index is 1120. The van der Waals surface area contributed by atoms with E-state index in [2.05, 4.69) is 21.0 Å². The Morgan fingerprint density at radius 3 is 2.96 bits per heavy atom. The number of terminal acetylenes is 1. The molecule has 0 spiro atoms. The van der Waals surface area contributed by atoms with E-state index >= 15 is 0 Å². The van der Waals surface area contributed by atoms with Crippen molar-refractivity contribution in [2.75, 3.05) is 6.79 Å². The van der Waals surface area contributed by atoms with Gasteiger partial charge in [0, 0.05) is 22.2 Å². The average molecular weight is 373 g/mol. The zero-order valence-corrected chi connectivity index (χ0v) is 15.4. The van der Waals surface area contributed by atoms with Crippen LogP contribution in [0.4, 0.5) is 0 Å². The fraction of sp³-hybridized carbons (Fsp3) is 0.182. The molecule has 0 unspecified atom stereocenters. The van der Waals surface area contributed by atoms with E-state index in [-0.39, 0.29) is 19.1 Å². The van der Waals surface area contributed by atoms with Crippen molar-refractivity contribution < 1.29 is 14.3 Å². The third-order valence-electron chi connectivity index (χ3n) is 4.71. The van der Waals surface area contributed by atoms with Crippen molar-refractivity contribution in [3.63, 3.8) is 0 Å². The smallest absolute Gasteiger partial charge is 0.244 e. The number of fused-ring (bicyclic) bond motifs is 2. The number of nitrogens with zero attached hydrogens (tertiary/aromatic N) is 2. The van der Waals surface area contributed by atoms with E-state index in [0.29, 0.717) is 18.0 Å². The van der Waals surface area contributed by atoms with Gasteiger partial charge in [0.05, 0.1) is 19.2 Å². The number of hydrogen-bond donors (Lipinski definition) is 1. The van der Waals surface area contributed by atoms with Gasteiger partial charge in [-0.1, -0.05) is 30.2 Å². The van der Waals surface area contributed by atoms with E-state index in [1.807, 2.05) is 43.3 Å². The highest BCUT2D eigenvalue weighted by atomic mass is 16.7. The number of amides is 1. The van der Waals surface area contributed by atoms with Crippen LogP contribution in [0.1, 0.15) is 16.8 Å². The van der Waals surface area contributed by atoms with Crippen molar-refractivity contribution in [2.24, 2.45) is 5.10 Å². The lowest BCUT2D eigenvalue weighted by Crippen LogP contribution is -2.19. The Morgan fingerprint density at radius 2 is 2.11 bits per heavy atom. The van der Waals surface area contributed by atoms with Gasteiger partial charge in [-0.15, -0.1) is 6.42 Å². The molecule has 0 aliphatic carbocycles. The Labute approximate surface area is 162 Å². The van der Waals surface area contributed by atoms with E-state index in [4.69, 9.17) is 15.9 Å². The number of carbonyl (C=O) groups is 1. The van der Waals surface area contributed by atoms with Gasteiger partial charge in [-0.25, -0.2) is 5.43 Å². The number of aromatic nitrogens is 1. The second-order valence-corrected chi connectivity index (χ2v) is 6.46. The van der Waals surface area contributed by atoms with Crippen LogP contribution in [0.5, 0.6) is 11.5 Å². The predicted molar refractivity (Wildman–Crippen MR) is 108 cm³/mol. The molecule has 0 fully saturated rings. The first-order chi connectivity index (χ1) is 13.7. The van der Waals surface area contributed by atoms with Crippen molar-refractivity contribution in [3.05, 3.63) is 59.3 Å². The van der Waals surface area contributed by atoms with Gasteiger partial charge in [-0.3, -0.25) is 4.79 Å². The van der Waals surface area contributed by atoms with Gasteiger partial charge < -0.3 is 14.0 Å². The summed E-state index contributed by atoms with van der Waals surface area (Å²) in [4.78, 5) is 12.2. The third kappa shape index (κ3) is 3.30. The molecular formula is C22H19N3O3. The van der Waals surface area contributed by atoms with E-state index in [9.17, 15) is 4.79 Å². The summed E-state index contributed by atoms with van der Waals surface area (Å²) in [7, 11) is 0. The van der Waals surface area contributed by atoms with Crippen molar-refractivity contribution >= 4 is 23.0 Å². The molecule has 0 radical (unpaired) electrons. The first-order valence-electron chi connectivity index (χ1n) is 8.89. The first kappa shape index (κ1) is 17.7. The number of para-hydroxylation sites is 1. The summed E-state index contributed by atoms with van der Waals surface area (Å²) in [5.74, 6) is 3.82. The van der Waals surface area contributed by atoms with Crippen LogP contribution in [-0.4, -0.2) is 23.5 Å². The van der Waals surface area contributed by atoms with E-state index in [0.717, 1.165) is 27.7 Å². The van der Waals surface area contributed by atoms with Crippen LogP contribution in [0.3, 0.4) is 0 Å². The molecule has 3 aromatic rings. The highest BCUT2D eigenvalue weighted by Gasteiger charge is 2.15. The lowest BCUT2D eigenvalue weighted by molar-refractivity contribution is -0.120. The fourth-order valence-corrected chi connectivity index (χ4v) is 3.36. The summed E-state index contributed by atoms with van der Waals surface area (Å²) in [6.07, 6.45) is 7.37. The average Bonchev–Trinajstić information content (AvgIpc) is 3.26. The van der Waals surface area contributed by atoms with Crippen LogP contribution in [0, 0.1) is 19.3 Å². The molecular weight excluding hydrogens is 354 g/mol. The summed E-state index contributed by atoms with van der Waals surface area (Å²) in [5.41, 5.74) is 6.42. The summed E-state index contributed by atoms with van der Waals surface area (Å²) < 4.78 is 12.7. The van der Waals surface area contributed by atoms with Crippen molar-refractivity contribution in [1.29, 1.82) is 0 Å². The lowest BCUT2D eigenvalue weighted by Gasteiger charge is -2.03. The molecule has 1 aliphatic rings. The first-order valence-corrected chi connectivity index (χ1v) is 8.89. The number of carbonyl (C=O) groups excluding carboxylic acids is 1. The molecule has 1 aromatic heterocycles. The van der Waals surface area contributed by atoms with Crippen LogP contribution in [0.25, 0.3) is 10.9 Å². The van der Waals surface area contributed by atoms with Crippen molar-refractivity contribution in [2.45, 2.75) is 19.9 Å². The summed E-state index contributed by atoms with van der Waals surface area (Å²) in [6, 6.07) is 13.4. The molecule has 1 amide bonds. The minimum Gasteiger partial charge on any atom is -0.454 e. The highest BCUT2D eigenvalue weighted by Crippen LogP contribution is 2.32. The Morgan fingerprint density at radius 1 is 1.29 bits per heavy atom. The van der Waals surface area contributed by atoms with Crippen LogP contribution >= 0.6 is 0 Å². The van der Waals surface area contributed by atoms with Gasteiger partial charge in [0.2, 0.25) is 12.7 Å². The van der Waals surface area contributed by atoms with Gasteiger partial charge in [0.25, 0.3) is 0 Å². The molecule has 0 saturated heterocycles. The molecule has 28 heavy (non-hydrogen) atoms. The number of nitrogens with one attached hydrogen (secondary N) is 1. The Balaban J connectivity index is 1.48. The molecule has 0 saturated carbocycles. The number of benzene rings is 2. The number of rotatable bonds is 5. The summed E-state index contributed by atoms with van der Waals surface area (Å²) in [5, 5.41) is 5.19. The molecule has 140 valence electrons. The molecule has 1 aliphatic heterocycles. The third-order valence-corrected chi connectivity index (χ3v) is 4.71. The Hall–Kier alpha value is -3.72. The summed E-state index contributed by atoms with van der Waals surface area (Å²) in [6.45, 7) is 2.69. The highest BCUT2D eigenvalue weighted by molar-refractivity contribution is 6.01. The SMILES string of the molecule is C#CCn1c(C)c(/C=N\NC(=O)Cc2ccc3c(c2)OCO3)c2ccccc21. The van der Waals surface area contributed by atoms with Crippen molar-refractivity contribution in [1.82, 2.24) is 9.99 Å². The quantitative estimate of drug-likeness (QED) is 0.425. The maximum atomic E-state index is 12.2. The standard InChI is InChI=1S/C22H19N3O3/c1-3-10-25-15(2)18(17-6-4-5-7-19(17)25)13-23-24-22(26)12-16-8-9-20-21(11-16)28-14-27-20/h1,4-9,11,13H,10,12,14H2,2H3,(H,24,26)/b23-13-. The van der Waals surface area contributed by atoms with E-state index in [1.54, 1.807) is 12.3 Å². The van der Waals surface area contributed by atoms with Crippen LogP contribution in [-0.2, 0) is 17.8 Å². The van der Waals surface area contributed by atoms with Gasteiger partial charge >= 0.3 is 0 Å². The van der Waals surface area contributed by atoms with Crippen LogP contribution in [0.15, 0.2) is 47.6 Å². The second-order valence-electron chi connectivity index (χ2n) is 6.46. The monoisotopic (exact) mass is 373 g/mol. The molecule has 0 bridgehead atoms. The topological polar surface area (TPSA) is 64.9 Å². The normalized spacial score (nSPS) is 12.4. The van der Waals surface area contributed by atoms with Crippen LogP contribution < -0.4 is 14.9 Å². The zero-order chi connectivity index (χ0) is 19.5. The van der Waals surface area contributed by atoms with Gasteiger partial charge in [-0.2, -0.15) is 5.10 Å². The number of hydrogen-bond acceptors (Lipinski definition) is 4. The molecule has 1 N–H and O–H groups in total. The van der Waals surface area contributed by atoms with Gasteiger partial charge in [0.15, 0.2) is 11.5 Å². The lowest BCUT2D eigenvalue weighted by atomic mass is 10.1. The number of ether oxygens (including phenoxy) is 2. The van der Waals surface area contributed by atoms with Crippen molar-refractivity contribution in [3.8, 4) is 23.8 Å². The molecule has 2 aromatic carbocycles. The maximum Gasteiger partial charge on any atom is 0.244 e. The van der Waals surface area contributed by atoms with E-state index < -0.39 is 0 Å². The number of hydrazone groups is 1. The zero-order valence-electron chi connectivity index (χ0n) is 15.4. The maximum absolute atomic E-state index is 12.2. The molecule has 4 rings (SSSR count). The predicted octanol–water partition coefficient (Wildman–Crippen LogP) is 3.00. The fourth-order valence-electron chi connectivity index (χ4n) is 3.36. The largest absolute Gasteiger partial charge is 0.454 e. The van der Waals surface area contributed by atoms with E-state index in [1.165, 1.54) is 0 Å². The van der Waals surface area contributed by atoms with Crippen LogP contribution in [0.2, 0.25) is 0 Å². The molecule has 6 nitrogen and oxygen atoms in total. The molecule has 2 heterocycles. The minimum absolute atomic E-state index is 0.200. The van der Waals surface area contributed by atoms with Gasteiger partial charge in [0.1, 0.15) is 0 Å². The van der Waals surface area contributed by atoms with Gasteiger partial charge in [-0.05, 0) is 30.7 Å². The minimum atomic E-state index is -0.208. The summed E-state index contributed by atoms with van der Waals surface area (Å²) >= 11 is 0.